The Morgan fingerprint density at radius 1 is 1.23 bits per heavy atom. The van der Waals surface area contributed by atoms with Gasteiger partial charge < -0.3 is 19.9 Å². The third-order valence-corrected chi connectivity index (χ3v) is 3.13. The van der Waals surface area contributed by atoms with Gasteiger partial charge in [0.05, 0.1) is 6.61 Å². The number of halogens is 3. The summed E-state index contributed by atoms with van der Waals surface area (Å²) in [5, 5.41) is 12.1. The fraction of sp³-hybridized carbons (Fsp3) is 0.929. The van der Waals surface area contributed by atoms with Gasteiger partial charge in [0.1, 0.15) is 12.2 Å². The van der Waals surface area contributed by atoms with Crippen LogP contribution in [0.2, 0.25) is 0 Å². The zero-order valence-corrected chi connectivity index (χ0v) is 13.5. The highest BCUT2D eigenvalue weighted by atomic mass is 19.4. The zero-order chi connectivity index (χ0) is 17.4. The van der Waals surface area contributed by atoms with E-state index in [0.717, 1.165) is 0 Å². The Balaban J connectivity index is 4.35. The molecule has 1 amide bonds. The van der Waals surface area contributed by atoms with Crippen molar-refractivity contribution in [3.8, 4) is 0 Å². The van der Waals surface area contributed by atoms with Gasteiger partial charge in [-0.25, -0.2) is 4.79 Å². The van der Waals surface area contributed by atoms with Gasteiger partial charge in [-0.3, -0.25) is 0 Å². The molecule has 1 unspecified atom stereocenters. The third kappa shape index (κ3) is 9.83. The van der Waals surface area contributed by atoms with E-state index in [9.17, 15) is 23.1 Å². The highest BCUT2D eigenvalue weighted by Gasteiger charge is 2.31. The van der Waals surface area contributed by atoms with E-state index >= 15 is 0 Å². The van der Waals surface area contributed by atoms with Gasteiger partial charge in [-0.15, -0.1) is 0 Å². The van der Waals surface area contributed by atoms with Crippen LogP contribution in [0.3, 0.4) is 0 Å². The second kappa shape index (κ2) is 8.57. The highest BCUT2D eigenvalue weighted by Crippen LogP contribution is 2.26. The quantitative estimate of drug-likeness (QED) is 0.672. The maximum atomic E-state index is 12.0. The first-order valence-corrected chi connectivity index (χ1v) is 7.15. The average Bonchev–Trinajstić information content (AvgIpc) is 2.35. The van der Waals surface area contributed by atoms with Crippen molar-refractivity contribution in [2.75, 3.05) is 26.4 Å². The zero-order valence-electron chi connectivity index (χ0n) is 13.5. The van der Waals surface area contributed by atoms with Crippen molar-refractivity contribution in [2.45, 2.75) is 52.3 Å². The lowest BCUT2D eigenvalue weighted by Crippen LogP contribution is -2.42. The van der Waals surface area contributed by atoms with Crippen LogP contribution in [0.15, 0.2) is 0 Å². The first-order chi connectivity index (χ1) is 9.93. The standard InChI is InChI=1S/C14H26F3NO4/c1-5-13(9-19,6-7-21-10-14(15,16)17)8-18-11(20)22-12(2,3)4/h19H,5-10H2,1-4H3,(H,18,20). The summed E-state index contributed by atoms with van der Waals surface area (Å²) < 4.78 is 45.7. The third-order valence-electron chi connectivity index (χ3n) is 3.13. The largest absolute Gasteiger partial charge is 0.444 e. The smallest absolute Gasteiger partial charge is 0.411 e. The van der Waals surface area contributed by atoms with Crippen molar-refractivity contribution in [3.05, 3.63) is 0 Å². The molecule has 0 aliphatic rings. The average molecular weight is 329 g/mol. The first-order valence-electron chi connectivity index (χ1n) is 7.15. The van der Waals surface area contributed by atoms with E-state index < -0.39 is 29.9 Å². The van der Waals surface area contributed by atoms with E-state index in [-0.39, 0.29) is 26.2 Å². The van der Waals surface area contributed by atoms with Gasteiger partial charge in [0.25, 0.3) is 0 Å². The Kier molecular flexibility index (Phi) is 8.17. The molecule has 132 valence electrons. The Hall–Kier alpha value is -1.02. The molecule has 0 bridgehead atoms. The summed E-state index contributed by atoms with van der Waals surface area (Å²) in [6.45, 7) is 5.31. The molecule has 0 aliphatic heterocycles. The maximum Gasteiger partial charge on any atom is 0.411 e. The van der Waals surface area contributed by atoms with Crippen molar-refractivity contribution in [2.24, 2.45) is 5.41 Å². The molecule has 0 aromatic carbocycles. The van der Waals surface area contributed by atoms with Crippen molar-refractivity contribution in [1.82, 2.24) is 5.32 Å². The van der Waals surface area contributed by atoms with Crippen molar-refractivity contribution >= 4 is 6.09 Å². The van der Waals surface area contributed by atoms with Crippen molar-refractivity contribution < 1.29 is 32.5 Å². The van der Waals surface area contributed by atoms with Gasteiger partial charge in [-0.05, 0) is 33.6 Å². The fourth-order valence-corrected chi connectivity index (χ4v) is 1.69. The molecule has 0 fully saturated rings. The SMILES string of the molecule is CCC(CO)(CCOCC(F)(F)F)CNC(=O)OC(C)(C)C. The Labute approximate surface area is 129 Å². The number of carbonyl (C=O) groups excluding carboxylic acids is 1. The Morgan fingerprint density at radius 3 is 2.23 bits per heavy atom. The lowest BCUT2D eigenvalue weighted by Gasteiger charge is -2.31. The molecule has 0 heterocycles. The number of alkyl halides is 3. The van der Waals surface area contributed by atoms with Crippen molar-refractivity contribution in [3.63, 3.8) is 0 Å². The molecule has 0 saturated heterocycles. The molecule has 22 heavy (non-hydrogen) atoms. The van der Waals surface area contributed by atoms with Crippen LogP contribution in [0, 0.1) is 5.41 Å². The van der Waals surface area contributed by atoms with Crippen LogP contribution in [0.1, 0.15) is 40.5 Å². The summed E-state index contributed by atoms with van der Waals surface area (Å²) in [5.74, 6) is 0. The molecule has 8 heteroatoms. The molecular formula is C14H26F3NO4. The molecule has 0 aliphatic carbocycles. The minimum absolute atomic E-state index is 0.101. The molecular weight excluding hydrogens is 303 g/mol. The number of amides is 1. The number of hydrogen-bond acceptors (Lipinski definition) is 4. The van der Waals surface area contributed by atoms with Crippen LogP contribution in [-0.2, 0) is 9.47 Å². The second-order valence-electron chi connectivity index (χ2n) is 6.28. The summed E-state index contributed by atoms with van der Waals surface area (Å²) in [7, 11) is 0. The van der Waals surface area contributed by atoms with E-state index in [4.69, 9.17) is 4.74 Å². The van der Waals surface area contributed by atoms with Gasteiger partial charge in [0.2, 0.25) is 0 Å². The van der Waals surface area contributed by atoms with Crippen LogP contribution < -0.4 is 5.32 Å². The minimum atomic E-state index is -4.37. The van der Waals surface area contributed by atoms with Gasteiger partial charge in [-0.1, -0.05) is 6.92 Å². The Bertz CT molecular complexity index is 336. The lowest BCUT2D eigenvalue weighted by molar-refractivity contribution is -0.175. The predicted octanol–water partition coefficient (Wildman–Crippen LogP) is 2.87. The fourth-order valence-electron chi connectivity index (χ4n) is 1.69. The van der Waals surface area contributed by atoms with Crippen LogP contribution in [0.25, 0.3) is 0 Å². The number of nitrogens with one attached hydrogen (secondary N) is 1. The number of hydrogen-bond donors (Lipinski definition) is 2. The molecule has 5 nitrogen and oxygen atoms in total. The molecule has 0 radical (unpaired) electrons. The number of aliphatic hydroxyl groups is 1. The summed E-state index contributed by atoms with van der Waals surface area (Å²) >= 11 is 0. The highest BCUT2D eigenvalue weighted by molar-refractivity contribution is 5.67. The lowest BCUT2D eigenvalue weighted by atomic mass is 9.83. The minimum Gasteiger partial charge on any atom is -0.444 e. The van der Waals surface area contributed by atoms with E-state index in [0.29, 0.717) is 6.42 Å². The number of aliphatic hydroxyl groups excluding tert-OH is 1. The molecule has 0 rings (SSSR count). The van der Waals surface area contributed by atoms with Gasteiger partial charge in [0, 0.05) is 18.6 Å². The molecule has 0 spiro atoms. The maximum absolute atomic E-state index is 12.0. The van der Waals surface area contributed by atoms with E-state index in [1.54, 1.807) is 27.7 Å². The van der Waals surface area contributed by atoms with Crippen LogP contribution in [0.4, 0.5) is 18.0 Å². The summed E-state index contributed by atoms with van der Waals surface area (Å²) in [6, 6.07) is 0. The summed E-state index contributed by atoms with van der Waals surface area (Å²) in [4.78, 5) is 11.6. The van der Waals surface area contributed by atoms with Gasteiger partial charge >= 0.3 is 12.3 Å². The van der Waals surface area contributed by atoms with Crippen LogP contribution in [0.5, 0.6) is 0 Å². The Morgan fingerprint density at radius 2 is 1.82 bits per heavy atom. The van der Waals surface area contributed by atoms with E-state index in [2.05, 4.69) is 10.1 Å². The molecule has 1 atom stereocenters. The van der Waals surface area contributed by atoms with Gasteiger partial charge in [0.15, 0.2) is 0 Å². The van der Waals surface area contributed by atoms with Crippen LogP contribution in [-0.4, -0.2) is 49.3 Å². The number of ether oxygens (including phenoxy) is 2. The second-order valence-corrected chi connectivity index (χ2v) is 6.28. The number of alkyl carbamates (subject to hydrolysis) is 1. The van der Waals surface area contributed by atoms with Crippen molar-refractivity contribution in [1.29, 1.82) is 0 Å². The van der Waals surface area contributed by atoms with E-state index in [1.807, 2.05) is 0 Å². The van der Waals surface area contributed by atoms with Crippen LogP contribution >= 0.6 is 0 Å². The molecule has 0 aromatic heterocycles. The molecule has 0 aromatic rings. The normalized spacial score (nSPS) is 15.3. The van der Waals surface area contributed by atoms with E-state index in [1.165, 1.54) is 0 Å². The summed E-state index contributed by atoms with van der Waals surface area (Å²) in [5.41, 5.74) is -1.38. The first kappa shape index (κ1) is 21.0. The summed E-state index contributed by atoms with van der Waals surface area (Å²) in [6.07, 6.45) is -4.32. The molecule has 0 saturated carbocycles. The number of rotatable bonds is 8. The topological polar surface area (TPSA) is 67.8 Å². The molecule has 2 N–H and O–H groups in total. The monoisotopic (exact) mass is 329 g/mol. The van der Waals surface area contributed by atoms with Gasteiger partial charge in [-0.2, -0.15) is 13.2 Å². The predicted molar refractivity (Wildman–Crippen MR) is 75.5 cm³/mol. The number of carbonyl (C=O) groups is 1.